The van der Waals surface area contributed by atoms with Crippen LogP contribution in [0.4, 0.5) is 0 Å². The van der Waals surface area contributed by atoms with Crippen LogP contribution in [0.15, 0.2) is 72.8 Å². The van der Waals surface area contributed by atoms with Crippen molar-refractivity contribution in [2.24, 2.45) is 0 Å². The van der Waals surface area contributed by atoms with E-state index in [1.165, 1.54) is 32.7 Å². The minimum atomic E-state index is 0. The number of benzene rings is 2. The van der Waals surface area contributed by atoms with Crippen LogP contribution < -0.4 is 0 Å². The topological polar surface area (TPSA) is 0 Å². The molecule has 0 aliphatic rings. The summed E-state index contributed by atoms with van der Waals surface area (Å²) in [5, 5.41) is 5.45. The molecule has 0 heterocycles. The van der Waals surface area contributed by atoms with Crippen molar-refractivity contribution in [1.29, 1.82) is 0 Å². The summed E-state index contributed by atoms with van der Waals surface area (Å²) < 4.78 is 0. The summed E-state index contributed by atoms with van der Waals surface area (Å²) in [5.41, 5.74) is 2.73. The van der Waals surface area contributed by atoms with E-state index in [0.29, 0.717) is 0 Å². The molecule has 0 radical (unpaired) electrons. The first-order valence-electron chi connectivity index (χ1n) is 6.98. The molecule has 0 fully saturated rings. The van der Waals surface area contributed by atoms with Gasteiger partial charge in [-0.3, -0.25) is 0 Å². The van der Waals surface area contributed by atoms with Gasteiger partial charge in [0.25, 0.3) is 0 Å². The Morgan fingerprint density at radius 2 is 1.05 bits per heavy atom. The maximum atomic E-state index is 2.16. The molecule has 4 aromatic carbocycles. The fourth-order valence-corrected chi connectivity index (χ4v) is 2.65. The van der Waals surface area contributed by atoms with E-state index >= 15 is 0 Å². The van der Waals surface area contributed by atoms with Gasteiger partial charge in [-0.2, -0.15) is 24.3 Å². The van der Waals surface area contributed by atoms with Gasteiger partial charge in [0.2, 0.25) is 0 Å². The van der Waals surface area contributed by atoms with Crippen molar-refractivity contribution in [2.75, 3.05) is 0 Å². The second-order valence-electron chi connectivity index (χ2n) is 5.21. The molecular formula is C20H18Hf-2. The molecule has 0 aliphatic carbocycles. The molecule has 1 heteroatoms. The summed E-state index contributed by atoms with van der Waals surface area (Å²) in [6.07, 6.45) is 0. The number of rotatable bonds is 0. The van der Waals surface area contributed by atoms with Gasteiger partial charge in [0.15, 0.2) is 0 Å². The van der Waals surface area contributed by atoms with Crippen molar-refractivity contribution in [2.45, 2.75) is 13.8 Å². The van der Waals surface area contributed by atoms with Crippen LogP contribution in [0.5, 0.6) is 0 Å². The van der Waals surface area contributed by atoms with Crippen LogP contribution in [-0.4, -0.2) is 0 Å². The standard InChI is InChI=1S/2C10H9.Hf/c2*1-8-4-2-5-9-6-3-7-10(8)9;/h2*2-7H,1H3;/q2*-1;. The van der Waals surface area contributed by atoms with E-state index in [4.69, 9.17) is 0 Å². The van der Waals surface area contributed by atoms with E-state index in [9.17, 15) is 0 Å². The van der Waals surface area contributed by atoms with Crippen molar-refractivity contribution < 1.29 is 25.8 Å². The summed E-state index contributed by atoms with van der Waals surface area (Å²) in [7, 11) is 0. The maximum Gasteiger partial charge on any atom is 0 e. The monoisotopic (exact) mass is 438 g/mol. The Balaban J connectivity index is 0.000000147. The third-order valence-electron chi connectivity index (χ3n) is 3.79. The summed E-state index contributed by atoms with van der Waals surface area (Å²) in [5.74, 6) is 0. The first kappa shape index (κ1) is 15.9. The Morgan fingerprint density at radius 1 is 0.619 bits per heavy atom. The van der Waals surface area contributed by atoms with Crippen LogP contribution in [0.1, 0.15) is 11.1 Å². The Labute approximate surface area is 144 Å². The van der Waals surface area contributed by atoms with E-state index in [-0.39, 0.29) is 25.8 Å². The molecular weight excluding hydrogens is 419 g/mol. The predicted octanol–water partition coefficient (Wildman–Crippen LogP) is 5.73. The summed E-state index contributed by atoms with van der Waals surface area (Å²) in [6, 6.07) is 25.5. The Kier molecular flexibility index (Phi) is 5.30. The summed E-state index contributed by atoms with van der Waals surface area (Å²) in [4.78, 5) is 0. The maximum absolute atomic E-state index is 2.16. The molecule has 0 aromatic heterocycles. The van der Waals surface area contributed by atoms with Crippen LogP contribution in [-0.2, 0) is 25.8 Å². The molecule has 0 saturated carbocycles. The Bertz CT molecular complexity index is 761. The minimum absolute atomic E-state index is 0. The van der Waals surface area contributed by atoms with Crippen molar-refractivity contribution in [3.05, 3.63) is 83.9 Å². The molecule has 0 unspecified atom stereocenters. The minimum Gasteiger partial charge on any atom is -0.168 e. The smallest absolute Gasteiger partial charge is 0 e. The molecule has 0 aliphatic heterocycles. The average Bonchev–Trinajstić information content (AvgIpc) is 3.08. The molecule has 104 valence electrons. The Hall–Kier alpha value is -1.47. The number of hydrogen-bond acceptors (Lipinski definition) is 0. The molecule has 0 amide bonds. The first-order valence-corrected chi connectivity index (χ1v) is 6.98. The van der Waals surface area contributed by atoms with Crippen LogP contribution in [0.2, 0.25) is 0 Å². The zero-order valence-electron chi connectivity index (χ0n) is 12.4. The molecule has 0 saturated heterocycles. The zero-order valence-corrected chi connectivity index (χ0v) is 16.0. The molecule has 4 aromatic rings. The number of aryl methyl sites for hydroxylation is 2. The van der Waals surface area contributed by atoms with E-state index in [0.717, 1.165) is 0 Å². The van der Waals surface area contributed by atoms with E-state index < -0.39 is 0 Å². The van der Waals surface area contributed by atoms with Gasteiger partial charge in [-0.1, -0.05) is 23.3 Å². The van der Waals surface area contributed by atoms with Crippen molar-refractivity contribution in [3.8, 4) is 0 Å². The Morgan fingerprint density at radius 3 is 1.43 bits per heavy atom. The van der Waals surface area contributed by atoms with E-state index in [1.54, 1.807) is 0 Å². The third kappa shape index (κ3) is 3.41. The van der Waals surface area contributed by atoms with Gasteiger partial charge >= 0.3 is 0 Å². The van der Waals surface area contributed by atoms with Gasteiger partial charge in [0, 0.05) is 25.8 Å². The van der Waals surface area contributed by atoms with Crippen molar-refractivity contribution in [3.63, 3.8) is 0 Å². The van der Waals surface area contributed by atoms with Crippen LogP contribution in [0.3, 0.4) is 0 Å². The molecule has 4 rings (SSSR count). The molecule has 0 nitrogen and oxygen atoms in total. The zero-order chi connectivity index (χ0) is 13.9. The third-order valence-corrected chi connectivity index (χ3v) is 3.79. The van der Waals surface area contributed by atoms with Crippen molar-refractivity contribution in [1.82, 2.24) is 0 Å². The quantitative estimate of drug-likeness (QED) is 0.244. The fourth-order valence-electron chi connectivity index (χ4n) is 2.65. The van der Waals surface area contributed by atoms with Crippen LogP contribution in [0.25, 0.3) is 21.5 Å². The number of hydrogen-bond donors (Lipinski definition) is 0. The normalized spacial score (nSPS) is 10.0. The average molecular weight is 437 g/mol. The fraction of sp³-hybridized carbons (Fsp3) is 0.100. The number of fused-ring (bicyclic) bond motifs is 2. The summed E-state index contributed by atoms with van der Waals surface area (Å²) >= 11 is 0. The molecule has 0 spiro atoms. The summed E-state index contributed by atoms with van der Waals surface area (Å²) in [6.45, 7) is 4.28. The van der Waals surface area contributed by atoms with E-state index in [1.807, 2.05) is 0 Å². The van der Waals surface area contributed by atoms with Gasteiger partial charge < -0.3 is 0 Å². The van der Waals surface area contributed by atoms with Gasteiger partial charge in [-0.15, -0.1) is 57.9 Å². The van der Waals surface area contributed by atoms with Gasteiger partial charge in [-0.05, 0) is 13.8 Å². The largest absolute Gasteiger partial charge is 0.168 e. The van der Waals surface area contributed by atoms with Gasteiger partial charge in [0.05, 0.1) is 0 Å². The molecule has 0 atom stereocenters. The van der Waals surface area contributed by atoms with Crippen molar-refractivity contribution >= 4 is 21.5 Å². The van der Waals surface area contributed by atoms with Gasteiger partial charge in [-0.25, -0.2) is 0 Å². The van der Waals surface area contributed by atoms with Crippen LogP contribution >= 0.6 is 0 Å². The van der Waals surface area contributed by atoms with Gasteiger partial charge in [0.1, 0.15) is 0 Å². The second-order valence-corrected chi connectivity index (χ2v) is 5.21. The van der Waals surface area contributed by atoms with Crippen LogP contribution in [0, 0.1) is 13.8 Å². The molecule has 0 bridgehead atoms. The second kappa shape index (κ2) is 7.00. The first-order chi connectivity index (χ1) is 9.75. The molecule has 21 heavy (non-hydrogen) atoms. The molecule has 0 N–H and O–H groups in total. The SMILES string of the molecule is Cc1cccc2[cH-]ccc12.Cc1cccc2[cH-]ccc12.[Hf]. The predicted molar refractivity (Wildman–Crippen MR) is 88.6 cm³/mol. The van der Waals surface area contributed by atoms with E-state index in [2.05, 4.69) is 86.6 Å².